The number of nitrogens with zero attached hydrogens (tertiary/aromatic N) is 5. The van der Waals surface area contributed by atoms with Gasteiger partial charge in [-0.2, -0.15) is 5.26 Å². The van der Waals surface area contributed by atoms with E-state index < -0.39 is 52.8 Å². The van der Waals surface area contributed by atoms with Crippen LogP contribution in [-0.2, 0) is 37.5 Å². The molecular formula is C54H55N5O11S. The Labute approximate surface area is 416 Å². The van der Waals surface area contributed by atoms with Crippen LogP contribution in [0.5, 0.6) is 40.2 Å². The highest BCUT2D eigenvalue weighted by Crippen LogP contribution is 2.65. The van der Waals surface area contributed by atoms with Gasteiger partial charge < -0.3 is 42.8 Å². The molecule has 0 aliphatic carbocycles. The molecule has 3 aromatic carbocycles. The minimum Gasteiger partial charge on any atom is -0.493 e. The molecule has 1 aromatic heterocycles. The van der Waals surface area contributed by atoms with Crippen molar-refractivity contribution in [3.63, 3.8) is 0 Å². The van der Waals surface area contributed by atoms with Crippen LogP contribution in [0.4, 0.5) is 0 Å². The van der Waals surface area contributed by atoms with Crippen molar-refractivity contribution in [3.8, 4) is 46.3 Å². The number of hydrogen-bond acceptors (Lipinski definition) is 16. The Morgan fingerprint density at radius 3 is 2.49 bits per heavy atom. The van der Waals surface area contributed by atoms with Gasteiger partial charge in [0.2, 0.25) is 12.7 Å². The molecular weight excluding hydrogens is 927 g/mol. The molecule has 4 aromatic rings. The molecule has 1 amide bonds. The zero-order valence-corrected chi connectivity index (χ0v) is 41.3. The van der Waals surface area contributed by atoms with Crippen molar-refractivity contribution in [1.82, 2.24) is 19.7 Å². The molecule has 368 valence electrons. The molecule has 0 unspecified atom stereocenters. The Hall–Kier alpha value is -7.00. The maximum atomic E-state index is 15.9. The number of benzene rings is 3. The van der Waals surface area contributed by atoms with Crippen molar-refractivity contribution in [2.75, 3.05) is 60.2 Å². The summed E-state index contributed by atoms with van der Waals surface area (Å²) in [5.74, 6) is 1.37. The lowest BCUT2D eigenvalue weighted by Gasteiger charge is -2.62. The number of piperazine rings is 1. The van der Waals surface area contributed by atoms with Crippen molar-refractivity contribution in [2.24, 2.45) is 0 Å². The van der Waals surface area contributed by atoms with E-state index >= 15 is 9.59 Å². The molecule has 2 fully saturated rings. The van der Waals surface area contributed by atoms with Crippen molar-refractivity contribution >= 4 is 35.7 Å². The van der Waals surface area contributed by atoms with Gasteiger partial charge in [0.1, 0.15) is 31.6 Å². The number of ether oxygens (including phenoxy) is 8. The summed E-state index contributed by atoms with van der Waals surface area (Å²) in [4.78, 5) is 54.5. The average Bonchev–Trinajstić information content (AvgIpc) is 3.87. The van der Waals surface area contributed by atoms with E-state index in [0.717, 1.165) is 22.3 Å². The van der Waals surface area contributed by atoms with E-state index in [1.807, 2.05) is 33.0 Å². The first kappa shape index (κ1) is 47.7. The normalized spacial score (nSPS) is 24.9. The fourth-order valence-electron chi connectivity index (χ4n) is 11.8. The van der Waals surface area contributed by atoms with E-state index in [1.54, 1.807) is 54.8 Å². The topological polar surface area (TPSA) is 171 Å². The fraction of sp³-hybridized carbons (Fsp3) is 0.389. The molecule has 0 radical (unpaired) electrons. The Morgan fingerprint density at radius 2 is 1.77 bits per heavy atom. The van der Waals surface area contributed by atoms with E-state index in [-0.39, 0.29) is 45.0 Å². The number of methoxy groups -OCH3 is 2. The molecule has 7 aliphatic heterocycles. The Morgan fingerprint density at radius 1 is 0.986 bits per heavy atom. The SMILES string of the molecule is C=CCOc1cc2c(cc1OC)[C@@]1(CS[C@@H]3c4c(OC(C)=O)c(C)c5c(c4[C@H](COC1=O)N1[C@@H]3[C@@H]3c4c(cc(C)c(OC)c4OCC=C)C[C@@H]([C@@H]1C#N)N3C)OCO5)N(C(=O)/C=C/c1cccnc1)CC2. The Kier molecular flexibility index (Phi) is 12.7. The van der Waals surface area contributed by atoms with Gasteiger partial charge in [0.05, 0.1) is 37.6 Å². The molecule has 11 rings (SSSR count). The van der Waals surface area contributed by atoms with Gasteiger partial charge in [-0.1, -0.05) is 37.4 Å². The molecule has 7 aliphatic rings. The minimum absolute atomic E-state index is 0.0611. The van der Waals surface area contributed by atoms with Gasteiger partial charge in [0, 0.05) is 72.0 Å². The largest absolute Gasteiger partial charge is 0.493 e. The van der Waals surface area contributed by atoms with Gasteiger partial charge in [-0.25, -0.2) is 4.79 Å². The Balaban J connectivity index is 1.25. The van der Waals surface area contributed by atoms with E-state index in [9.17, 15) is 10.1 Å². The molecule has 0 saturated carbocycles. The molecule has 16 nitrogen and oxygen atoms in total. The van der Waals surface area contributed by atoms with Crippen LogP contribution in [0.15, 0.2) is 74.1 Å². The Bertz CT molecular complexity index is 2940. The van der Waals surface area contributed by atoms with Crippen LogP contribution in [-0.4, -0.2) is 116 Å². The van der Waals surface area contributed by atoms with E-state index in [2.05, 4.69) is 40.1 Å². The molecule has 7 atom stereocenters. The van der Waals surface area contributed by atoms with Crippen molar-refractivity contribution in [2.45, 2.75) is 74.6 Å². The fourth-order valence-corrected chi connectivity index (χ4v) is 13.6. The number of pyridine rings is 1. The lowest BCUT2D eigenvalue weighted by atomic mass is 9.71. The maximum absolute atomic E-state index is 15.9. The number of carbonyl (C=O) groups excluding carboxylic acids is 3. The number of likely N-dealkylation sites (N-methyl/N-ethyl adjacent to an activating group) is 1. The average molecular weight is 982 g/mol. The predicted octanol–water partition coefficient (Wildman–Crippen LogP) is 7.05. The third-order valence-electron chi connectivity index (χ3n) is 14.7. The van der Waals surface area contributed by atoms with Gasteiger partial charge in [0.25, 0.3) is 0 Å². The summed E-state index contributed by atoms with van der Waals surface area (Å²) in [6.45, 7) is 13.1. The zero-order valence-electron chi connectivity index (χ0n) is 40.5. The number of esters is 2. The summed E-state index contributed by atoms with van der Waals surface area (Å²) < 4.78 is 50.3. The van der Waals surface area contributed by atoms with Crippen molar-refractivity contribution in [3.05, 3.63) is 124 Å². The van der Waals surface area contributed by atoms with Gasteiger partial charge in [0.15, 0.2) is 40.0 Å². The number of hydrogen-bond donors (Lipinski definition) is 0. The van der Waals surface area contributed by atoms with Gasteiger partial charge >= 0.3 is 11.9 Å². The van der Waals surface area contributed by atoms with Crippen LogP contribution in [0.2, 0.25) is 0 Å². The number of amides is 1. The third-order valence-corrected chi connectivity index (χ3v) is 16.1. The summed E-state index contributed by atoms with van der Waals surface area (Å²) >= 11 is 1.42. The highest BCUT2D eigenvalue weighted by atomic mass is 32.2. The number of nitriles is 1. The zero-order chi connectivity index (χ0) is 49.9. The second kappa shape index (κ2) is 19.0. The predicted molar refractivity (Wildman–Crippen MR) is 263 cm³/mol. The first-order valence-corrected chi connectivity index (χ1v) is 24.6. The summed E-state index contributed by atoms with van der Waals surface area (Å²) in [6, 6.07) is 9.07. The van der Waals surface area contributed by atoms with Crippen LogP contribution in [0.1, 0.15) is 74.3 Å². The van der Waals surface area contributed by atoms with E-state index in [0.29, 0.717) is 80.9 Å². The molecule has 71 heavy (non-hydrogen) atoms. The summed E-state index contributed by atoms with van der Waals surface area (Å²) in [6.07, 6.45) is 10.6. The second-order valence-corrected chi connectivity index (χ2v) is 19.5. The first-order valence-electron chi connectivity index (χ1n) is 23.5. The van der Waals surface area contributed by atoms with Gasteiger partial charge in [-0.15, -0.1) is 11.8 Å². The maximum Gasteiger partial charge on any atom is 0.337 e. The van der Waals surface area contributed by atoms with Crippen LogP contribution < -0.4 is 33.2 Å². The monoisotopic (exact) mass is 981 g/mol. The van der Waals surface area contributed by atoms with E-state index in [4.69, 9.17) is 37.9 Å². The summed E-state index contributed by atoms with van der Waals surface area (Å²) in [7, 11) is 5.18. The van der Waals surface area contributed by atoms with Gasteiger partial charge in [-0.3, -0.25) is 24.4 Å². The second-order valence-electron chi connectivity index (χ2n) is 18.4. The number of carbonyl (C=O) groups is 3. The summed E-state index contributed by atoms with van der Waals surface area (Å²) in [5.41, 5.74) is 4.80. The van der Waals surface area contributed by atoms with Crippen molar-refractivity contribution in [1.29, 1.82) is 5.26 Å². The lowest BCUT2D eigenvalue weighted by molar-refractivity contribution is -0.167. The van der Waals surface area contributed by atoms with Crippen molar-refractivity contribution < 1.29 is 52.3 Å². The van der Waals surface area contributed by atoms with Crippen LogP contribution >= 0.6 is 11.8 Å². The molecule has 17 heteroatoms. The molecule has 2 saturated heterocycles. The molecule has 1 spiro atoms. The first-order chi connectivity index (χ1) is 34.4. The number of aryl methyl sites for hydroxylation is 1. The highest BCUT2D eigenvalue weighted by molar-refractivity contribution is 7.99. The van der Waals surface area contributed by atoms with Crippen LogP contribution in [0, 0.1) is 25.2 Å². The number of rotatable bonds is 11. The number of fused-ring (bicyclic) bond motifs is 9. The minimum atomic E-state index is -1.77. The lowest BCUT2D eigenvalue weighted by Crippen LogP contribution is -2.69. The van der Waals surface area contributed by atoms with Crippen LogP contribution in [0.3, 0.4) is 0 Å². The van der Waals surface area contributed by atoms with Crippen LogP contribution in [0.25, 0.3) is 6.08 Å². The number of aromatic nitrogens is 1. The van der Waals surface area contributed by atoms with E-state index in [1.165, 1.54) is 31.9 Å². The standard InChI is InChI=1S/C54H55N5O11S/c1-9-18-65-40-22-33-15-17-58(41(61)14-13-32-12-11-16-56-25-32)54(35(33)23-39(40)63-7)27-71-52-44-43(51-49(68-28-69-51)30(4)48(44)70-31(5)60)38(26-67-53(54)62)59-37(24-55)36-21-34-20-29(3)47(64-8)50(66-19-10-2)42(34)45(46(52)59)57(36)6/h9-14,16,20,22-23,25,36-38,45-46,52H,1-2,15,17-19,21,26-28H2,3-8H3/b14-13+/t36-,37-,38-,45-,46+,52+,54+/m0/s1. The van der Waals surface area contributed by atoms with Gasteiger partial charge in [-0.05, 0) is 85.8 Å². The summed E-state index contributed by atoms with van der Waals surface area (Å²) in [5, 5.41) is 10.8. The molecule has 4 bridgehead atoms. The third kappa shape index (κ3) is 7.57. The quantitative estimate of drug-likeness (QED) is 0.0647. The smallest absolute Gasteiger partial charge is 0.337 e. The number of thioether (sulfide) groups is 1. The highest BCUT2D eigenvalue weighted by Gasteiger charge is 2.63. The molecule has 0 N–H and O–H groups in total. The molecule has 8 heterocycles.